The van der Waals surface area contributed by atoms with Gasteiger partial charge in [-0.25, -0.2) is 17.6 Å². The van der Waals surface area contributed by atoms with Crippen LogP contribution in [0.2, 0.25) is 0 Å². The number of rotatable bonds is 1. The predicted molar refractivity (Wildman–Crippen MR) is 120 cm³/mol. The minimum absolute atomic E-state index is 0.179. The predicted octanol–water partition coefficient (Wildman–Crippen LogP) is 8.00. The van der Waals surface area contributed by atoms with Gasteiger partial charge < -0.3 is 9.13 Å². The van der Waals surface area contributed by atoms with Crippen LogP contribution in [0.15, 0.2) is 60.7 Å². The average molecular weight is 486 g/mol. The molecule has 6 rings (SSSR count). The lowest BCUT2D eigenvalue weighted by atomic mass is 10.1. The molecule has 9 heteroatoms. The van der Waals surface area contributed by atoms with E-state index in [4.69, 9.17) is 0 Å². The summed E-state index contributed by atoms with van der Waals surface area (Å²) in [5, 5.41) is 2.55. The Balaban J connectivity index is 1.83. The Hall–Kier alpha value is -4.01. The smallest absolute Gasteiger partial charge is 0.344 e. The first kappa shape index (κ1) is 21.5. The maximum atomic E-state index is 15.1. The fraction of sp³-hybridized carbons (Fsp3) is 0.0769. The molecule has 0 fully saturated rings. The first-order chi connectivity index (χ1) is 16.6. The zero-order valence-corrected chi connectivity index (χ0v) is 17.8. The van der Waals surface area contributed by atoms with Crippen LogP contribution < -0.4 is 0 Å². The van der Waals surface area contributed by atoms with Gasteiger partial charge in [-0.05, 0) is 24.3 Å². The molecule has 176 valence electrons. The molecule has 0 aliphatic heterocycles. The van der Waals surface area contributed by atoms with Crippen molar-refractivity contribution in [3.05, 3.63) is 89.5 Å². The number of benzene rings is 4. The molecule has 35 heavy (non-hydrogen) atoms. The van der Waals surface area contributed by atoms with Gasteiger partial charge in [0.1, 0.15) is 11.3 Å². The SMILES string of the molecule is Cn1c2ccccc2c2cc3c(cc21)c1ccccc1n3-c1c(F)c(F)c(C(F)(F)F)c(F)c1F. The number of nitrogens with zero attached hydrogens (tertiary/aromatic N) is 2. The van der Waals surface area contributed by atoms with Crippen molar-refractivity contribution in [1.82, 2.24) is 9.13 Å². The van der Waals surface area contributed by atoms with Crippen LogP contribution in [0.3, 0.4) is 0 Å². The Morgan fingerprint density at radius 1 is 0.571 bits per heavy atom. The summed E-state index contributed by atoms with van der Waals surface area (Å²) >= 11 is 0. The Kier molecular flexibility index (Phi) is 4.31. The summed E-state index contributed by atoms with van der Waals surface area (Å²) in [7, 11) is 1.86. The molecule has 0 N–H and O–H groups in total. The minimum atomic E-state index is -5.62. The van der Waals surface area contributed by atoms with Crippen molar-refractivity contribution in [2.24, 2.45) is 7.05 Å². The van der Waals surface area contributed by atoms with Crippen molar-refractivity contribution < 1.29 is 30.7 Å². The van der Waals surface area contributed by atoms with Crippen LogP contribution >= 0.6 is 0 Å². The normalized spacial score (nSPS) is 12.6. The summed E-state index contributed by atoms with van der Waals surface area (Å²) in [6.07, 6.45) is -5.62. The second kappa shape index (κ2) is 7.00. The summed E-state index contributed by atoms with van der Waals surface area (Å²) in [6.45, 7) is 0. The summed E-state index contributed by atoms with van der Waals surface area (Å²) < 4.78 is 102. The summed E-state index contributed by atoms with van der Waals surface area (Å²) in [4.78, 5) is 0. The fourth-order valence-electron chi connectivity index (χ4n) is 4.93. The van der Waals surface area contributed by atoms with Gasteiger partial charge in [0.2, 0.25) is 0 Å². The third-order valence-electron chi connectivity index (χ3n) is 6.45. The van der Waals surface area contributed by atoms with Gasteiger partial charge in [0, 0.05) is 39.6 Å². The second-order valence-corrected chi connectivity index (χ2v) is 8.29. The van der Waals surface area contributed by atoms with Crippen molar-refractivity contribution in [1.29, 1.82) is 0 Å². The fourth-order valence-corrected chi connectivity index (χ4v) is 4.93. The number of hydrogen-bond acceptors (Lipinski definition) is 0. The van der Waals surface area contributed by atoms with Crippen molar-refractivity contribution in [3.8, 4) is 5.69 Å². The standard InChI is InChI=1S/C26H13F7N2/c1-34-16-8-4-2-6-12(16)14-11-19-15(10-18(14)34)13-7-3-5-9-17(13)35(19)25-23(29)21(27)20(26(31,32)33)22(28)24(25)30/h2-11H,1H3. The van der Waals surface area contributed by atoms with Crippen LogP contribution in [0.4, 0.5) is 30.7 Å². The molecule has 6 aromatic rings. The first-order valence-corrected chi connectivity index (χ1v) is 10.4. The second-order valence-electron chi connectivity index (χ2n) is 8.29. The lowest BCUT2D eigenvalue weighted by molar-refractivity contribution is -0.143. The van der Waals surface area contributed by atoms with E-state index in [1.165, 1.54) is 6.07 Å². The number of alkyl halides is 3. The molecule has 0 spiro atoms. The van der Waals surface area contributed by atoms with Gasteiger partial charge in [-0.2, -0.15) is 13.2 Å². The highest BCUT2D eigenvalue weighted by Crippen LogP contribution is 2.42. The molecule has 0 saturated heterocycles. The maximum absolute atomic E-state index is 15.1. The Bertz CT molecular complexity index is 1810. The van der Waals surface area contributed by atoms with E-state index in [0.29, 0.717) is 16.2 Å². The third-order valence-corrected chi connectivity index (χ3v) is 6.45. The maximum Gasteiger partial charge on any atom is 0.422 e. The number of aromatic nitrogens is 2. The van der Waals surface area contributed by atoms with Crippen LogP contribution in [-0.4, -0.2) is 9.13 Å². The van der Waals surface area contributed by atoms with E-state index in [9.17, 15) is 22.0 Å². The molecule has 2 nitrogen and oxygen atoms in total. The summed E-state index contributed by atoms with van der Waals surface area (Å²) in [6, 6.07) is 17.2. The number of aryl methyl sites for hydroxylation is 1. The van der Waals surface area contributed by atoms with Crippen molar-refractivity contribution in [2.75, 3.05) is 0 Å². The Labute approximate surface area is 192 Å². The highest BCUT2D eigenvalue weighted by atomic mass is 19.4. The zero-order chi connectivity index (χ0) is 24.8. The molecule has 0 atom stereocenters. The number of halogens is 7. The Morgan fingerprint density at radius 3 is 1.66 bits per heavy atom. The highest BCUT2D eigenvalue weighted by Gasteiger charge is 2.43. The van der Waals surface area contributed by atoms with Gasteiger partial charge in [0.25, 0.3) is 0 Å². The van der Waals surface area contributed by atoms with Gasteiger partial charge in [0.15, 0.2) is 23.3 Å². The molecule has 0 aliphatic rings. The van der Waals surface area contributed by atoms with E-state index < -0.39 is 40.7 Å². The quantitative estimate of drug-likeness (QED) is 0.165. The van der Waals surface area contributed by atoms with Crippen LogP contribution in [0, 0.1) is 23.3 Å². The molecule has 2 aromatic heterocycles. The first-order valence-electron chi connectivity index (χ1n) is 10.4. The van der Waals surface area contributed by atoms with Crippen LogP contribution in [0.1, 0.15) is 5.56 Å². The van der Waals surface area contributed by atoms with E-state index in [1.807, 2.05) is 35.9 Å². The van der Waals surface area contributed by atoms with E-state index in [0.717, 1.165) is 21.0 Å². The lowest BCUT2D eigenvalue weighted by Crippen LogP contribution is -2.17. The monoisotopic (exact) mass is 486 g/mol. The van der Waals surface area contributed by atoms with Crippen LogP contribution in [0.25, 0.3) is 49.3 Å². The van der Waals surface area contributed by atoms with E-state index in [1.54, 1.807) is 30.3 Å². The van der Waals surface area contributed by atoms with Gasteiger partial charge >= 0.3 is 6.18 Å². The Morgan fingerprint density at radius 2 is 1.06 bits per heavy atom. The molecule has 0 radical (unpaired) electrons. The van der Waals surface area contributed by atoms with Gasteiger partial charge in [-0.3, -0.25) is 0 Å². The molecular weight excluding hydrogens is 473 g/mol. The van der Waals surface area contributed by atoms with E-state index >= 15 is 8.78 Å². The number of hydrogen-bond donors (Lipinski definition) is 0. The van der Waals surface area contributed by atoms with Crippen molar-refractivity contribution in [2.45, 2.75) is 6.18 Å². The van der Waals surface area contributed by atoms with E-state index in [2.05, 4.69) is 0 Å². The average Bonchev–Trinajstić information content (AvgIpc) is 3.29. The summed E-state index contributed by atoms with van der Waals surface area (Å²) in [5.41, 5.74) is -1.81. The van der Waals surface area contributed by atoms with Gasteiger partial charge in [-0.15, -0.1) is 0 Å². The lowest BCUT2D eigenvalue weighted by Gasteiger charge is -2.16. The van der Waals surface area contributed by atoms with Gasteiger partial charge in [-0.1, -0.05) is 36.4 Å². The molecule has 0 unspecified atom stereocenters. The van der Waals surface area contributed by atoms with Gasteiger partial charge in [0.05, 0.1) is 11.0 Å². The minimum Gasteiger partial charge on any atom is -0.344 e. The molecule has 4 aromatic carbocycles. The highest BCUT2D eigenvalue weighted by molar-refractivity contribution is 6.18. The van der Waals surface area contributed by atoms with Crippen LogP contribution in [-0.2, 0) is 13.2 Å². The van der Waals surface area contributed by atoms with Crippen LogP contribution in [0.5, 0.6) is 0 Å². The third kappa shape index (κ3) is 2.78. The summed E-state index contributed by atoms with van der Waals surface area (Å²) in [5.74, 6) is -9.25. The molecule has 0 bridgehead atoms. The molecular formula is C26H13F7N2. The molecule has 0 amide bonds. The van der Waals surface area contributed by atoms with Crippen molar-refractivity contribution >= 4 is 43.6 Å². The zero-order valence-electron chi connectivity index (χ0n) is 17.8. The topological polar surface area (TPSA) is 9.86 Å². The number of para-hydroxylation sites is 2. The molecule has 0 saturated carbocycles. The van der Waals surface area contributed by atoms with Crippen molar-refractivity contribution in [3.63, 3.8) is 0 Å². The number of fused-ring (bicyclic) bond motifs is 6. The molecule has 0 aliphatic carbocycles. The van der Waals surface area contributed by atoms with E-state index in [-0.39, 0.29) is 11.0 Å². The molecule has 2 heterocycles. The largest absolute Gasteiger partial charge is 0.422 e.